The van der Waals surface area contributed by atoms with Gasteiger partial charge in [0.2, 0.25) is 0 Å². The van der Waals surface area contributed by atoms with E-state index in [1.165, 1.54) is 0 Å². The van der Waals surface area contributed by atoms with Crippen molar-refractivity contribution in [3.05, 3.63) is 28.8 Å². The van der Waals surface area contributed by atoms with Crippen molar-refractivity contribution >= 4 is 17.5 Å². The zero-order valence-electron chi connectivity index (χ0n) is 14.4. The van der Waals surface area contributed by atoms with E-state index in [1.54, 1.807) is 13.0 Å². The van der Waals surface area contributed by atoms with E-state index in [9.17, 15) is 4.79 Å². The van der Waals surface area contributed by atoms with E-state index in [-0.39, 0.29) is 11.9 Å². The fraction of sp³-hybridized carbons (Fsp3) is 0.611. The highest BCUT2D eigenvalue weighted by Crippen LogP contribution is 2.26. The maximum atomic E-state index is 12.3. The Bertz CT molecular complexity index is 540. The number of piperidine rings is 1. The number of rotatable bonds is 5. The molecule has 0 aliphatic carbocycles. The third-order valence-corrected chi connectivity index (χ3v) is 4.68. The van der Waals surface area contributed by atoms with E-state index >= 15 is 0 Å². The van der Waals surface area contributed by atoms with Gasteiger partial charge in [0, 0.05) is 25.2 Å². The van der Waals surface area contributed by atoms with Gasteiger partial charge >= 0.3 is 0 Å². The molecule has 5 heteroatoms. The molecular weight excluding hydrogens is 312 g/mol. The summed E-state index contributed by atoms with van der Waals surface area (Å²) in [5, 5.41) is 3.63. The van der Waals surface area contributed by atoms with Gasteiger partial charge in [-0.15, -0.1) is 0 Å². The number of halogens is 1. The molecule has 128 valence electrons. The molecule has 2 rings (SSSR count). The van der Waals surface area contributed by atoms with Crippen LogP contribution in [0.1, 0.15) is 39.2 Å². The van der Waals surface area contributed by atoms with Crippen LogP contribution in [0, 0.1) is 6.92 Å². The lowest BCUT2D eigenvalue weighted by Gasteiger charge is -2.35. The van der Waals surface area contributed by atoms with Crippen LogP contribution in [-0.4, -0.2) is 42.1 Å². The minimum Gasteiger partial charge on any atom is -0.479 e. The largest absolute Gasteiger partial charge is 0.479 e. The fourth-order valence-corrected chi connectivity index (χ4v) is 2.99. The van der Waals surface area contributed by atoms with Crippen LogP contribution in [0.25, 0.3) is 0 Å². The molecule has 0 unspecified atom stereocenters. The standard InChI is InChI=1S/C18H27ClN2O2/c1-12(2)21-9-7-15(8-10-21)20-18(22)14(4)23-17-11-13(3)5-6-16(17)19/h5-6,11-12,14-15H,7-10H2,1-4H3,(H,20,22)/t14-/m1/s1. The Morgan fingerprint density at radius 3 is 2.57 bits per heavy atom. The summed E-state index contributed by atoms with van der Waals surface area (Å²) in [6.07, 6.45) is 1.42. The minimum atomic E-state index is -0.558. The minimum absolute atomic E-state index is 0.0782. The van der Waals surface area contributed by atoms with Gasteiger partial charge in [0.1, 0.15) is 5.75 Å². The van der Waals surface area contributed by atoms with E-state index in [1.807, 2.05) is 19.1 Å². The van der Waals surface area contributed by atoms with E-state index in [0.717, 1.165) is 31.5 Å². The summed E-state index contributed by atoms with van der Waals surface area (Å²) in [5.74, 6) is 0.481. The van der Waals surface area contributed by atoms with Crippen molar-refractivity contribution in [2.24, 2.45) is 0 Å². The van der Waals surface area contributed by atoms with Crippen LogP contribution >= 0.6 is 11.6 Å². The van der Waals surface area contributed by atoms with Crippen molar-refractivity contribution in [2.75, 3.05) is 13.1 Å². The second-order valence-electron chi connectivity index (χ2n) is 6.61. The summed E-state index contributed by atoms with van der Waals surface area (Å²) < 4.78 is 5.73. The van der Waals surface area contributed by atoms with Crippen LogP contribution in [0.3, 0.4) is 0 Å². The Morgan fingerprint density at radius 1 is 1.30 bits per heavy atom. The molecule has 1 aliphatic rings. The second kappa shape index (κ2) is 8.02. The molecule has 1 aromatic carbocycles. The van der Waals surface area contributed by atoms with Crippen LogP contribution in [0.15, 0.2) is 18.2 Å². The predicted octanol–water partition coefficient (Wildman–Crippen LogP) is 3.40. The van der Waals surface area contributed by atoms with Crippen molar-refractivity contribution in [2.45, 2.75) is 58.7 Å². The van der Waals surface area contributed by atoms with Crippen LogP contribution in [-0.2, 0) is 4.79 Å². The zero-order valence-corrected chi connectivity index (χ0v) is 15.2. The second-order valence-corrected chi connectivity index (χ2v) is 7.01. The van der Waals surface area contributed by atoms with Crippen molar-refractivity contribution in [3.63, 3.8) is 0 Å². The van der Waals surface area contributed by atoms with Crippen molar-refractivity contribution in [3.8, 4) is 5.75 Å². The molecule has 0 aromatic heterocycles. The third kappa shape index (κ3) is 5.11. The highest BCUT2D eigenvalue weighted by atomic mass is 35.5. The highest BCUT2D eigenvalue weighted by Gasteiger charge is 2.24. The van der Waals surface area contributed by atoms with Crippen molar-refractivity contribution in [1.29, 1.82) is 0 Å². The Hall–Kier alpha value is -1.26. The SMILES string of the molecule is Cc1ccc(Cl)c(O[C@H](C)C(=O)NC2CCN(C(C)C)CC2)c1. The van der Waals surface area contributed by atoms with Gasteiger partial charge in [-0.2, -0.15) is 0 Å². The average Bonchev–Trinajstić information content (AvgIpc) is 2.51. The molecule has 23 heavy (non-hydrogen) atoms. The number of hydrogen-bond donors (Lipinski definition) is 1. The quantitative estimate of drug-likeness (QED) is 0.894. The van der Waals surface area contributed by atoms with E-state index < -0.39 is 6.10 Å². The lowest BCUT2D eigenvalue weighted by molar-refractivity contribution is -0.128. The predicted molar refractivity (Wildman–Crippen MR) is 94.2 cm³/mol. The summed E-state index contributed by atoms with van der Waals surface area (Å²) >= 11 is 6.12. The number of nitrogens with one attached hydrogen (secondary N) is 1. The molecule has 1 atom stereocenters. The number of aryl methyl sites for hydroxylation is 1. The lowest BCUT2D eigenvalue weighted by Crippen LogP contribution is -2.49. The lowest BCUT2D eigenvalue weighted by atomic mass is 10.0. The molecule has 1 N–H and O–H groups in total. The number of carbonyl (C=O) groups is 1. The Labute approximate surface area is 144 Å². The van der Waals surface area contributed by atoms with Crippen molar-refractivity contribution in [1.82, 2.24) is 10.2 Å². The molecule has 1 saturated heterocycles. The van der Waals surface area contributed by atoms with E-state index in [0.29, 0.717) is 16.8 Å². The molecule has 0 radical (unpaired) electrons. The first-order chi connectivity index (χ1) is 10.9. The first-order valence-electron chi connectivity index (χ1n) is 8.34. The zero-order chi connectivity index (χ0) is 17.0. The first-order valence-corrected chi connectivity index (χ1v) is 8.72. The van der Waals surface area contributed by atoms with Gasteiger partial charge in [0.05, 0.1) is 5.02 Å². The molecule has 1 fully saturated rings. The maximum Gasteiger partial charge on any atom is 0.260 e. The number of carbonyl (C=O) groups excluding carboxylic acids is 1. The smallest absolute Gasteiger partial charge is 0.260 e. The molecule has 0 saturated carbocycles. The van der Waals surface area contributed by atoms with Gasteiger partial charge in [-0.05, 0) is 58.2 Å². The fourth-order valence-electron chi connectivity index (χ4n) is 2.82. The highest BCUT2D eigenvalue weighted by molar-refractivity contribution is 6.32. The van der Waals surface area contributed by atoms with Crippen molar-refractivity contribution < 1.29 is 9.53 Å². The van der Waals surface area contributed by atoms with Gasteiger partial charge in [0.25, 0.3) is 5.91 Å². The van der Waals surface area contributed by atoms with Gasteiger partial charge in [-0.3, -0.25) is 4.79 Å². The summed E-state index contributed by atoms with van der Waals surface area (Å²) in [4.78, 5) is 14.8. The molecule has 1 heterocycles. The normalized spacial score (nSPS) is 18.0. The molecule has 1 aliphatic heterocycles. The Balaban J connectivity index is 1.85. The van der Waals surface area contributed by atoms with Crippen LogP contribution < -0.4 is 10.1 Å². The number of amides is 1. The van der Waals surface area contributed by atoms with Gasteiger partial charge in [-0.25, -0.2) is 0 Å². The summed E-state index contributed by atoms with van der Waals surface area (Å²) in [7, 11) is 0. The average molecular weight is 339 g/mol. The number of ether oxygens (including phenoxy) is 1. The summed E-state index contributed by atoms with van der Waals surface area (Å²) in [6, 6.07) is 6.36. The van der Waals surface area contributed by atoms with Crippen LogP contribution in [0.2, 0.25) is 5.02 Å². The third-order valence-electron chi connectivity index (χ3n) is 4.37. The number of nitrogens with zero attached hydrogens (tertiary/aromatic N) is 1. The first kappa shape index (κ1) is 18.1. The number of likely N-dealkylation sites (tertiary alicyclic amines) is 1. The van der Waals surface area contributed by atoms with Crippen LogP contribution in [0.5, 0.6) is 5.75 Å². The monoisotopic (exact) mass is 338 g/mol. The molecule has 1 aromatic rings. The van der Waals surface area contributed by atoms with Crippen LogP contribution in [0.4, 0.5) is 0 Å². The maximum absolute atomic E-state index is 12.3. The molecule has 4 nitrogen and oxygen atoms in total. The Morgan fingerprint density at radius 2 is 1.96 bits per heavy atom. The molecular formula is C18H27ClN2O2. The van der Waals surface area contributed by atoms with E-state index in [2.05, 4.69) is 24.1 Å². The van der Waals surface area contributed by atoms with Gasteiger partial charge < -0.3 is 15.0 Å². The van der Waals surface area contributed by atoms with Gasteiger partial charge in [0.15, 0.2) is 6.10 Å². The summed E-state index contributed by atoms with van der Waals surface area (Å²) in [5.41, 5.74) is 1.05. The summed E-state index contributed by atoms with van der Waals surface area (Å²) in [6.45, 7) is 10.2. The molecule has 0 spiro atoms. The van der Waals surface area contributed by atoms with E-state index in [4.69, 9.17) is 16.3 Å². The topological polar surface area (TPSA) is 41.6 Å². The van der Waals surface area contributed by atoms with Gasteiger partial charge in [-0.1, -0.05) is 17.7 Å². The molecule has 1 amide bonds. The Kier molecular flexibility index (Phi) is 6.31. The number of hydrogen-bond acceptors (Lipinski definition) is 3. The molecule has 0 bridgehead atoms. The number of benzene rings is 1.